The molecule has 6 N–H and O–H groups in total. The highest BCUT2D eigenvalue weighted by Crippen LogP contribution is 2.17. The van der Waals surface area contributed by atoms with Crippen molar-refractivity contribution in [2.24, 2.45) is 5.92 Å². The van der Waals surface area contributed by atoms with E-state index in [0.717, 1.165) is 16.7 Å². The average molecular weight is 631 g/mol. The van der Waals surface area contributed by atoms with Crippen LogP contribution in [0.5, 0.6) is 5.75 Å². The Balaban J connectivity index is 1.53. The van der Waals surface area contributed by atoms with Gasteiger partial charge in [0.1, 0.15) is 11.8 Å². The van der Waals surface area contributed by atoms with Crippen LogP contribution >= 0.6 is 0 Å². The Hall–Kier alpha value is -4.25. The standard InChI is InChI=1S/C36H46N4O6/c1-24(2)34-36(45)38-29(20-26-15-17-28(18-16-26)46-19-9-14-33(43)40-34)32(42)22-37-30(21-25-10-5-3-6-11-25)35(44)39-31(23-41)27-12-7-4-8-13-27/h3-8,10-13,15-18,24,29-32,34,37,41-42H,9,14,19-23H2,1-2H3,(H,38,45)(H,39,44)(H,40,43). The van der Waals surface area contributed by atoms with Gasteiger partial charge in [0.15, 0.2) is 0 Å². The quantitative estimate of drug-likeness (QED) is 0.191. The molecule has 10 heteroatoms. The molecule has 2 aliphatic rings. The van der Waals surface area contributed by atoms with Gasteiger partial charge in [-0.3, -0.25) is 14.4 Å². The number of rotatable bonds is 11. The minimum absolute atomic E-state index is 0.00903. The zero-order valence-corrected chi connectivity index (χ0v) is 26.5. The van der Waals surface area contributed by atoms with Gasteiger partial charge < -0.3 is 36.2 Å². The summed E-state index contributed by atoms with van der Waals surface area (Å²) in [4.78, 5) is 39.8. The van der Waals surface area contributed by atoms with Gasteiger partial charge in [0.25, 0.3) is 0 Å². The first-order valence-corrected chi connectivity index (χ1v) is 16.0. The van der Waals surface area contributed by atoms with Crippen molar-refractivity contribution in [1.82, 2.24) is 21.3 Å². The number of fused-ring (bicyclic) bond motifs is 12. The fourth-order valence-corrected chi connectivity index (χ4v) is 5.44. The molecule has 0 aliphatic carbocycles. The average Bonchev–Trinajstić information content (AvgIpc) is 3.07. The normalized spacial score (nSPS) is 19.5. The SMILES string of the molecule is CC(C)C1NC(=O)CCCOc2ccc(cc2)CC(C(O)CNC(Cc2ccccc2)C(=O)NC(CO)c2ccccc2)NC1=O. The van der Waals surface area contributed by atoms with Crippen molar-refractivity contribution in [3.8, 4) is 5.75 Å². The summed E-state index contributed by atoms with van der Waals surface area (Å²) in [7, 11) is 0. The van der Waals surface area contributed by atoms with Crippen LogP contribution in [0.3, 0.4) is 0 Å². The highest BCUT2D eigenvalue weighted by Gasteiger charge is 2.30. The van der Waals surface area contributed by atoms with Crippen molar-refractivity contribution in [3.05, 3.63) is 102 Å². The second kappa shape index (κ2) is 17.4. The molecular formula is C36H46N4O6. The van der Waals surface area contributed by atoms with E-state index in [9.17, 15) is 24.6 Å². The fraction of sp³-hybridized carbons (Fsp3) is 0.417. The van der Waals surface area contributed by atoms with Gasteiger partial charge in [-0.2, -0.15) is 0 Å². The van der Waals surface area contributed by atoms with Gasteiger partial charge in [-0.05, 0) is 54.0 Å². The highest BCUT2D eigenvalue weighted by molar-refractivity contribution is 5.88. The van der Waals surface area contributed by atoms with Crippen molar-refractivity contribution in [3.63, 3.8) is 0 Å². The summed E-state index contributed by atoms with van der Waals surface area (Å²) in [5.41, 5.74) is 2.58. The summed E-state index contributed by atoms with van der Waals surface area (Å²) < 4.78 is 5.78. The number of nitrogens with one attached hydrogen (secondary N) is 4. The molecule has 2 bridgehead atoms. The van der Waals surface area contributed by atoms with Crippen LogP contribution in [0.1, 0.15) is 49.4 Å². The number of carbonyl (C=O) groups excluding carboxylic acids is 3. The molecule has 0 aromatic heterocycles. The molecule has 0 spiro atoms. The van der Waals surface area contributed by atoms with Crippen molar-refractivity contribution in [1.29, 1.82) is 0 Å². The van der Waals surface area contributed by atoms with Crippen molar-refractivity contribution in [2.45, 2.75) is 69.8 Å². The number of carbonyl (C=O) groups is 3. The smallest absolute Gasteiger partial charge is 0.243 e. The van der Waals surface area contributed by atoms with E-state index in [4.69, 9.17) is 4.74 Å². The number of hydrogen-bond donors (Lipinski definition) is 6. The van der Waals surface area contributed by atoms with E-state index in [0.29, 0.717) is 31.6 Å². The number of hydrogen-bond acceptors (Lipinski definition) is 7. The van der Waals surface area contributed by atoms with Crippen LogP contribution in [0.4, 0.5) is 0 Å². The maximum atomic E-state index is 13.6. The summed E-state index contributed by atoms with van der Waals surface area (Å²) in [5, 5.41) is 33.6. The molecule has 5 atom stereocenters. The van der Waals surface area contributed by atoms with Gasteiger partial charge in [0.05, 0.1) is 37.4 Å². The highest BCUT2D eigenvalue weighted by atomic mass is 16.5. The predicted octanol–water partition coefficient (Wildman–Crippen LogP) is 2.44. The first kappa shape index (κ1) is 34.6. The van der Waals surface area contributed by atoms with Gasteiger partial charge in [-0.15, -0.1) is 0 Å². The maximum Gasteiger partial charge on any atom is 0.243 e. The van der Waals surface area contributed by atoms with E-state index in [1.807, 2.05) is 98.8 Å². The Morgan fingerprint density at radius 3 is 2.28 bits per heavy atom. The number of ether oxygens (including phenoxy) is 1. The lowest BCUT2D eigenvalue weighted by Crippen LogP contribution is -2.57. The fourth-order valence-electron chi connectivity index (χ4n) is 5.44. The number of aliphatic hydroxyl groups is 2. The zero-order chi connectivity index (χ0) is 32.9. The monoisotopic (exact) mass is 630 g/mol. The Morgan fingerprint density at radius 2 is 1.63 bits per heavy atom. The number of benzene rings is 3. The van der Waals surface area contributed by atoms with Gasteiger partial charge in [-0.25, -0.2) is 0 Å². The Bertz CT molecular complexity index is 1390. The summed E-state index contributed by atoms with van der Waals surface area (Å²) in [6.07, 6.45) is 0.287. The summed E-state index contributed by atoms with van der Waals surface area (Å²) in [6, 6.07) is 23.4. The molecular weight excluding hydrogens is 584 g/mol. The van der Waals surface area contributed by atoms with Gasteiger partial charge in [-0.1, -0.05) is 86.6 Å². The van der Waals surface area contributed by atoms with Crippen LogP contribution in [0, 0.1) is 5.92 Å². The Kier molecular flexibility index (Phi) is 13.1. The van der Waals surface area contributed by atoms with Crippen molar-refractivity contribution in [2.75, 3.05) is 19.8 Å². The molecule has 0 saturated heterocycles. The zero-order valence-electron chi connectivity index (χ0n) is 26.5. The Labute approximate surface area is 270 Å². The summed E-state index contributed by atoms with van der Waals surface area (Å²) in [5.74, 6) is -0.472. The molecule has 3 aromatic rings. The largest absolute Gasteiger partial charge is 0.494 e. The summed E-state index contributed by atoms with van der Waals surface area (Å²) >= 11 is 0. The summed E-state index contributed by atoms with van der Waals surface area (Å²) in [6.45, 7) is 3.80. The lowest BCUT2D eigenvalue weighted by molar-refractivity contribution is -0.131. The molecule has 5 rings (SSSR count). The molecule has 2 heterocycles. The Morgan fingerprint density at radius 1 is 0.957 bits per heavy atom. The van der Waals surface area contributed by atoms with Gasteiger partial charge >= 0.3 is 0 Å². The molecule has 0 fully saturated rings. The van der Waals surface area contributed by atoms with E-state index < -0.39 is 30.3 Å². The number of amides is 3. The van der Waals surface area contributed by atoms with Crippen LogP contribution in [-0.4, -0.2) is 71.9 Å². The first-order chi connectivity index (χ1) is 22.2. The third-order valence-corrected chi connectivity index (χ3v) is 8.13. The van der Waals surface area contributed by atoms with Crippen LogP contribution in [0.2, 0.25) is 0 Å². The van der Waals surface area contributed by atoms with E-state index in [-0.39, 0.29) is 43.2 Å². The second-order valence-electron chi connectivity index (χ2n) is 12.1. The topological polar surface area (TPSA) is 149 Å². The third-order valence-electron chi connectivity index (χ3n) is 8.13. The molecule has 46 heavy (non-hydrogen) atoms. The second-order valence-corrected chi connectivity index (χ2v) is 12.1. The minimum Gasteiger partial charge on any atom is -0.494 e. The van der Waals surface area contributed by atoms with Crippen molar-refractivity contribution < 1.29 is 29.3 Å². The maximum absolute atomic E-state index is 13.6. The molecule has 3 aromatic carbocycles. The van der Waals surface area contributed by atoms with E-state index in [2.05, 4.69) is 21.3 Å². The van der Waals surface area contributed by atoms with E-state index in [1.54, 1.807) is 0 Å². The molecule has 0 radical (unpaired) electrons. The van der Waals surface area contributed by atoms with Crippen molar-refractivity contribution >= 4 is 17.7 Å². The van der Waals surface area contributed by atoms with Crippen LogP contribution in [-0.2, 0) is 27.2 Å². The van der Waals surface area contributed by atoms with Gasteiger partial charge in [0.2, 0.25) is 17.7 Å². The molecule has 2 aliphatic heterocycles. The van der Waals surface area contributed by atoms with Gasteiger partial charge in [0, 0.05) is 13.0 Å². The molecule has 0 saturated carbocycles. The lowest BCUT2D eigenvalue weighted by atomic mass is 9.97. The van der Waals surface area contributed by atoms with Crippen LogP contribution < -0.4 is 26.0 Å². The first-order valence-electron chi connectivity index (χ1n) is 16.0. The molecule has 246 valence electrons. The predicted molar refractivity (Wildman–Crippen MR) is 176 cm³/mol. The third kappa shape index (κ3) is 10.4. The molecule has 3 amide bonds. The van der Waals surface area contributed by atoms with E-state index in [1.165, 1.54) is 0 Å². The molecule has 10 nitrogen and oxygen atoms in total. The number of aliphatic hydroxyl groups excluding tert-OH is 2. The molecule has 5 unspecified atom stereocenters. The minimum atomic E-state index is -1.09. The van der Waals surface area contributed by atoms with E-state index >= 15 is 0 Å². The van der Waals surface area contributed by atoms with Crippen LogP contribution in [0.25, 0.3) is 0 Å². The van der Waals surface area contributed by atoms with Crippen LogP contribution in [0.15, 0.2) is 84.9 Å². The lowest BCUT2D eigenvalue weighted by Gasteiger charge is -2.30.